The van der Waals surface area contributed by atoms with Crippen LogP contribution in [-0.4, -0.2) is 47.8 Å². The van der Waals surface area contributed by atoms with E-state index in [2.05, 4.69) is 0 Å². The Labute approximate surface area is 149 Å². The zero-order chi connectivity index (χ0) is 17.6. The Hall–Kier alpha value is -2.62. The van der Waals surface area contributed by atoms with Gasteiger partial charge in [0, 0.05) is 38.2 Å². The zero-order valence-corrected chi connectivity index (χ0v) is 14.6. The second kappa shape index (κ2) is 7.97. The molecule has 1 aliphatic rings. The molecule has 0 N–H and O–H groups in total. The van der Waals surface area contributed by atoms with E-state index >= 15 is 0 Å². The third-order valence-electron chi connectivity index (χ3n) is 4.65. The van der Waals surface area contributed by atoms with Crippen molar-refractivity contribution in [1.29, 1.82) is 0 Å². The number of aryl methyl sites for hydroxylation is 2. The summed E-state index contributed by atoms with van der Waals surface area (Å²) in [6.45, 7) is 4.42. The molecule has 4 nitrogen and oxygen atoms in total. The first-order chi connectivity index (χ1) is 12.1. The molecular weight excluding hydrogens is 312 g/mol. The number of hydrogen-bond acceptors (Lipinski definition) is 2. The Morgan fingerprint density at radius 1 is 0.880 bits per heavy atom. The van der Waals surface area contributed by atoms with Gasteiger partial charge in [0.2, 0.25) is 5.91 Å². The molecule has 0 aromatic heterocycles. The predicted molar refractivity (Wildman–Crippen MR) is 98.4 cm³/mol. The van der Waals surface area contributed by atoms with Gasteiger partial charge in [-0.1, -0.05) is 48.0 Å². The van der Waals surface area contributed by atoms with E-state index in [0.717, 1.165) is 17.5 Å². The van der Waals surface area contributed by atoms with Crippen molar-refractivity contribution in [3.8, 4) is 0 Å². The highest BCUT2D eigenvalue weighted by atomic mass is 16.2. The van der Waals surface area contributed by atoms with Crippen molar-refractivity contribution in [3.63, 3.8) is 0 Å². The van der Waals surface area contributed by atoms with E-state index in [-0.39, 0.29) is 11.8 Å². The molecule has 0 atom stereocenters. The summed E-state index contributed by atoms with van der Waals surface area (Å²) in [6, 6.07) is 17.7. The first-order valence-electron chi connectivity index (χ1n) is 8.81. The van der Waals surface area contributed by atoms with Gasteiger partial charge in [-0.15, -0.1) is 0 Å². The number of rotatable bonds is 4. The normalized spacial score (nSPS) is 14.4. The summed E-state index contributed by atoms with van der Waals surface area (Å²) in [7, 11) is 0. The molecule has 0 radical (unpaired) electrons. The minimum Gasteiger partial charge on any atom is -0.339 e. The number of amides is 2. The predicted octanol–water partition coefficient (Wildman–Crippen LogP) is 2.91. The fraction of sp³-hybridized carbons (Fsp3) is 0.333. The molecule has 1 aliphatic heterocycles. The topological polar surface area (TPSA) is 40.6 Å². The van der Waals surface area contributed by atoms with E-state index < -0.39 is 0 Å². The molecule has 1 saturated heterocycles. The smallest absolute Gasteiger partial charge is 0.253 e. The van der Waals surface area contributed by atoms with Gasteiger partial charge in [-0.05, 0) is 31.0 Å². The molecule has 2 aromatic carbocycles. The number of carbonyl (C=O) groups is 2. The molecule has 0 aliphatic carbocycles. The zero-order valence-electron chi connectivity index (χ0n) is 14.6. The molecule has 25 heavy (non-hydrogen) atoms. The summed E-state index contributed by atoms with van der Waals surface area (Å²) in [5, 5.41) is 0. The van der Waals surface area contributed by atoms with E-state index in [0.29, 0.717) is 32.6 Å². The van der Waals surface area contributed by atoms with Crippen LogP contribution in [0.2, 0.25) is 0 Å². The van der Waals surface area contributed by atoms with Crippen LogP contribution in [0.5, 0.6) is 0 Å². The lowest BCUT2D eigenvalue weighted by atomic mass is 10.1. The summed E-state index contributed by atoms with van der Waals surface area (Å²) in [5.41, 5.74) is 2.99. The van der Waals surface area contributed by atoms with Gasteiger partial charge in [0.25, 0.3) is 5.91 Å². The van der Waals surface area contributed by atoms with E-state index in [1.54, 1.807) is 0 Å². The van der Waals surface area contributed by atoms with Gasteiger partial charge >= 0.3 is 0 Å². The number of piperazine rings is 1. The molecule has 4 heteroatoms. The lowest BCUT2D eigenvalue weighted by Crippen LogP contribution is -2.50. The van der Waals surface area contributed by atoms with Crippen molar-refractivity contribution in [2.75, 3.05) is 26.2 Å². The second-order valence-electron chi connectivity index (χ2n) is 6.53. The highest BCUT2D eigenvalue weighted by Gasteiger charge is 2.24. The number of benzene rings is 2. The minimum absolute atomic E-state index is 0.0556. The molecule has 0 bridgehead atoms. The molecular formula is C21H24N2O2. The summed E-state index contributed by atoms with van der Waals surface area (Å²) >= 11 is 0. The molecule has 130 valence electrons. The number of nitrogens with zero attached hydrogens (tertiary/aromatic N) is 2. The van der Waals surface area contributed by atoms with Crippen LogP contribution in [0, 0.1) is 6.92 Å². The Balaban J connectivity index is 1.49. The molecule has 2 aromatic rings. The molecule has 0 unspecified atom stereocenters. The summed E-state index contributed by atoms with van der Waals surface area (Å²) in [6.07, 6.45) is 1.29. The Morgan fingerprint density at radius 3 is 2.24 bits per heavy atom. The van der Waals surface area contributed by atoms with Crippen LogP contribution in [0.1, 0.15) is 27.9 Å². The van der Waals surface area contributed by atoms with Gasteiger partial charge in [0.15, 0.2) is 0 Å². The van der Waals surface area contributed by atoms with Crippen molar-refractivity contribution in [2.24, 2.45) is 0 Å². The average Bonchev–Trinajstić information content (AvgIpc) is 2.66. The lowest BCUT2D eigenvalue weighted by molar-refractivity contribution is -0.132. The third kappa shape index (κ3) is 4.47. The summed E-state index contributed by atoms with van der Waals surface area (Å²) < 4.78 is 0. The standard InChI is InChI=1S/C21H24N2O2/c1-17-6-5-9-19(16-17)21(25)23-14-12-22(13-15-23)20(24)11-10-18-7-3-2-4-8-18/h2-9,16H,10-15H2,1H3. The van der Waals surface area contributed by atoms with E-state index in [4.69, 9.17) is 0 Å². The van der Waals surface area contributed by atoms with Gasteiger partial charge in [0.1, 0.15) is 0 Å². The minimum atomic E-state index is 0.0556. The highest BCUT2D eigenvalue weighted by molar-refractivity contribution is 5.94. The van der Waals surface area contributed by atoms with E-state index in [1.165, 1.54) is 5.56 Å². The molecule has 2 amide bonds. The van der Waals surface area contributed by atoms with Crippen molar-refractivity contribution in [3.05, 3.63) is 71.3 Å². The third-order valence-corrected chi connectivity index (χ3v) is 4.65. The first kappa shape index (κ1) is 17.2. The Morgan fingerprint density at radius 2 is 1.56 bits per heavy atom. The maximum Gasteiger partial charge on any atom is 0.253 e. The summed E-state index contributed by atoms with van der Waals surface area (Å²) in [5.74, 6) is 0.228. The molecule has 0 saturated carbocycles. The highest BCUT2D eigenvalue weighted by Crippen LogP contribution is 2.12. The monoisotopic (exact) mass is 336 g/mol. The fourth-order valence-corrected chi connectivity index (χ4v) is 3.17. The number of carbonyl (C=O) groups excluding carboxylic acids is 2. The maximum absolute atomic E-state index is 12.6. The second-order valence-corrected chi connectivity index (χ2v) is 6.53. The molecule has 3 rings (SSSR count). The van der Waals surface area contributed by atoms with Gasteiger partial charge in [-0.25, -0.2) is 0 Å². The van der Waals surface area contributed by atoms with E-state index in [1.807, 2.05) is 71.3 Å². The van der Waals surface area contributed by atoms with Crippen molar-refractivity contribution >= 4 is 11.8 Å². The molecule has 0 spiro atoms. The van der Waals surface area contributed by atoms with Crippen LogP contribution in [-0.2, 0) is 11.2 Å². The number of hydrogen-bond donors (Lipinski definition) is 0. The van der Waals surface area contributed by atoms with Crippen molar-refractivity contribution < 1.29 is 9.59 Å². The fourth-order valence-electron chi connectivity index (χ4n) is 3.17. The Bertz CT molecular complexity index is 735. The van der Waals surface area contributed by atoms with Crippen LogP contribution in [0.25, 0.3) is 0 Å². The van der Waals surface area contributed by atoms with Crippen molar-refractivity contribution in [2.45, 2.75) is 19.8 Å². The lowest BCUT2D eigenvalue weighted by Gasteiger charge is -2.35. The summed E-state index contributed by atoms with van der Waals surface area (Å²) in [4.78, 5) is 28.7. The average molecular weight is 336 g/mol. The first-order valence-corrected chi connectivity index (χ1v) is 8.81. The van der Waals surface area contributed by atoms with E-state index in [9.17, 15) is 9.59 Å². The Kier molecular flexibility index (Phi) is 5.49. The maximum atomic E-state index is 12.6. The van der Waals surface area contributed by atoms with Crippen LogP contribution >= 0.6 is 0 Å². The SMILES string of the molecule is Cc1cccc(C(=O)N2CCN(C(=O)CCc3ccccc3)CC2)c1. The van der Waals surface area contributed by atoms with Crippen LogP contribution in [0.4, 0.5) is 0 Å². The van der Waals surface area contributed by atoms with Crippen LogP contribution in [0.3, 0.4) is 0 Å². The van der Waals surface area contributed by atoms with Crippen molar-refractivity contribution in [1.82, 2.24) is 9.80 Å². The van der Waals surface area contributed by atoms with Crippen LogP contribution in [0.15, 0.2) is 54.6 Å². The molecule has 1 heterocycles. The molecule has 1 fully saturated rings. The quantitative estimate of drug-likeness (QED) is 0.861. The van der Waals surface area contributed by atoms with Gasteiger partial charge in [-0.3, -0.25) is 9.59 Å². The van der Waals surface area contributed by atoms with Crippen LogP contribution < -0.4 is 0 Å². The van der Waals surface area contributed by atoms with Gasteiger partial charge < -0.3 is 9.80 Å². The van der Waals surface area contributed by atoms with Gasteiger partial charge in [0.05, 0.1) is 0 Å². The largest absolute Gasteiger partial charge is 0.339 e. The van der Waals surface area contributed by atoms with Gasteiger partial charge in [-0.2, -0.15) is 0 Å².